The van der Waals surface area contributed by atoms with Gasteiger partial charge in [-0.05, 0) is 30.4 Å². The molecule has 8 nitrogen and oxygen atoms in total. The molecular formula is C19H13N3O5. The van der Waals surface area contributed by atoms with Crippen LogP contribution in [-0.4, -0.2) is 22.8 Å². The van der Waals surface area contributed by atoms with E-state index in [4.69, 9.17) is 0 Å². The number of anilines is 1. The van der Waals surface area contributed by atoms with Crippen LogP contribution in [-0.2, 0) is 9.59 Å². The van der Waals surface area contributed by atoms with Crippen molar-refractivity contribution >= 4 is 35.3 Å². The van der Waals surface area contributed by atoms with Gasteiger partial charge in [-0.25, -0.2) is 9.69 Å². The Balaban J connectivity index is 1.91. The Hall–Kier alpha value is -4.07. The van der Waals surface area contributed by atoms with Crippen LogP contribution in [0.3, 0.4) is 0 Å². The van der Waals surface area contributed by atoms with Crippen LogP contribution >= 0.6 is 0 Å². The van der Waals surface area contributed by atoms with Gasteiger partial charge in [0.15, 0.2) is 0 Å². The number of amides is 4. The van der Waals surface area contributed by atoms with Gasteiger partial charge in [0.1, 0.15) is 5.57 Å². The molecule has 27 heavy (non-hydrogen) atoms. The highest BCUT2D eigenvalue weighted by Crippen LogP contribution is 2.21. The highest BCUT2D eigenvalue weighted by atomic mass is 16.6. The highest BCUT2D eigenvalue weighted by molar-refractivity contribution is 6.37. The van der Waals surface area contributed by atoms with E-state index in [0.29, 0.717) is 11.3 Å². The summed E-state index contributed by atoms with van der Waals surface area (Å²) in [5, 5.41) is 13.1. The van der Waals surface area contributed by atoms with Gasteiger partial charge < -0.3 is 0 Å². The van der Waals surface area contributed by atoms with E-state index in [2.05, 4.69) is 5.32 Å². The average molecular weight is 363 g/mol. The van der Waals surface area contributed by atoms with Crippen molar-refractivity contribution in [3.05, 3.63) is 88.0 Å². The third kappa shape index (κ3) is 3.64. The van der Waals surface area contributed by atoms with E-state index in [1.807, 2.05) is 0 Å². The largest absolute Gasteiger partial charge is 0.335 e. The van der Waals surface area contributed by atoms with Crippen LogP contribution in [0.2, 0.25) is 0 Å². The fourth-order valence-electron chi connectivity index (χ4n) is 2.53. The van der Waals surface area contributed by atoms with Crippen LogP contribution in [0.1, 0.15) is 5.56 Å². The number of nitro benzene ring substituents is 1. The number of nitrogens with zero attached hydrogens (tertiary/aromatic N) is 2. The molecule has 0 aliphatic carbocycles. The number of carbonyl (C=O) groups excluding carboxylic acids is 3. The molecular weight excluding hydrogens is 350 g/mol. The molecule has 0 radical (unpaired) electrons. The fourth-order valence-corrected chi connectivity index (χ4v) is 2.53. The van der Waals surface area contributed by atoms with E-state index in [9.17, 15) is 24.5 Å². The summed E-state index contributed by atoms with van der Waals surface area (Å²) in [7, 11) is 0. The first-order valence-corrected chi connectivity index (χ1v) is 7.85. The van der Waals surface area contributed by atoms with Gasteiger partial charge in [-0.1, -0.05) is 36.4 Å². The van der Waals surface area contributed by atoms with Crippen molar-refractivity contribution in [3.8, 4) is 0 Å². The summed E-state index contributed by atoms with van der Waals surface area (Å²) >= 11 is 0. The second-order valence-electron chi connectivity index (χ2n) is 5.49. The minimum atomic E-state index is -0.837. The van der Waals surface area contributed by atoms with E-state index in [0.717, 1.165) is 4.90 Å². The molecule has 1 aliphatic heterocycles. The van der Waals surface area contributed by atoms with E-state index in [-0.39, 0.29) is 11.3 Å². The summed E-state index contributed by atoms with van der Waals surface area (Å²) in [6, 6.07) is 13.4. The molecule has 0 unspecified atom stereocenters. The molecule has 0 atom stereocenters. The number of hydrogen-bond acceptors (Lipinski definition) is 5. The SMILES string of the molecule is O=C1NC(=O)N(c2ccccc2)C(=O)C1=CC=Cc1ccccc1[N+](=O)[O-]. The highest BCUT2D eigenvalue weighted by Gasteiger charge is 2.36. The monoisotopic (exact) mass is 363 g/mol. The van der Waals surface area contributed by atoms with Gasteiger partial charge in [0.2, 0.25) is 0 Å². The summed E-state index contributed by atoms with van der Waals surface area (Å²) < 4.78 is 0. The van der Waals surface area contributed by atoms with Gasteiger partial charge in [0.05, 0.1) is 16.2 Å². The zero-order valence-corrected chi connectivity index (χ0v) is 13.9. The lowest BCUT2D eigenvalue weighted by Gasteiger charge is -2.26. The number of urea groups is 1. The van der Waals surface area contributed by atoms with Crippen molar-refractivity contribution in [2.24, 2.45) is 0 Å². The number of hydrogen-bond donors (Lipinski definition) is 1. The molecule has 0 saturated carbocycles. The van der Waals surface area contributed by atoms with Crippen LogP contribution in [0.4, 0.5) is 16.2 Å². The first-order valence-electron chi connectivity index (χ1n) is 7.85. The molecule has 1 heterocycles. The van der Waals surface area contributed by atoms with Gasteiger partial charge >= 0.3 is 6.03 Å². The summed E-state index contributed by atoms with van der Waals surface area (Å²) in [6.45, 7) is 0. The second-order valence-corrected chi connectivity index (χ2v) is 5.49. The molecule has 0 bridgehead atoms. The Morgan fingerprint density at radius 2 is 1.63 bits per heavy atom. The van der Waals surface area contributed by atoms with Crippen LogP contribution < -0.4 is 10.2 Å². The second kappa shape index (κ2) is 7.44. The first-order chi connectivity index (χ1) is 13.0. The summed E-state index contributed by atoms with van der Waals surface area (Å²) in [5.41, 5.74) is 0.279. The van der Waals surface area contributed by atoms with Gasteiger partial charge in [0, 0.05) is 6.07 Å². The number of benzene rings is 2. The predicted molar refractivity (Wildman–Crippen MR) is 97.7 cm³/mol. The quantitative estimate of drug-likeness (QED) is 0.389. The van der Waals surface area contributed by atoms with Crippen LogP contribution in [0.25, 0.3) is 6.08 Å². The third-order valence-corrected chi connectivity index (χ3v) is 3.79. The average Bonchev–Trinajstić information content (AvgIpc) is 2.65. The number of nitrogens with one attached hydrogen (secondary N) is 1. The maximum Gasteiger partial charge on any atom is 0.335 e. The topological polar surface area (TPSA) is 110 Å². The Kier molecular flexibility index (Phi) is 4.89. The molecule has 0 spiro atoms. The predicted octanol–water partition coefficient (Wildman–Crippen LogP) is 2.82. The Labute approximate surface area is 153 Å². The molecule has 1 fully saturated rings. The molecule has 4 amide bonds. The minimum Gasteiger partial charge on any atom is -0.273 e. The maximum atomic E-state index is 12.6. The number of imide groups is 2. The smallest absolute Gasteiger partial charge is 0.273 e. The van der Waals surface area contributed by atoms with Gasteiger partial charge in [-0.3, -0.25) is 25.0 Å². The molecule has 2 aromatic rings. The molecule has 1 aliphatic rings. The lowest BCUT2D eigenvalue weighted by atomic mass is 10.1. The zero-order chi connectivity index (χ0) is 19.4. The number of nitro groups is 1. The standard InChI is InChI=1S/C19H13N3O5/c23-17-15(11-6-8-13-7-4-5-12-16(13)22(26)27)18(24)21(19(25)20-17)14-9-2-1-3-10-14/h1-12H,(H,20,23,25). The summed E-state index contributed by atoms with van der Waals surface area (Å²) in [6.07, 6.45) is 3.99. The molecule has 8 heteroatoms. The molecule has 1 N–H and O–H groups in total. The number of para-hydroxylation sites is 2. The zero-order valence-electron chi connectivity index (χ0n) is 13.9. The number of carbonyl (C=O) groups is 3. The van der Waals surface area contributed by atoms with E-state index < -0.39 is 22.8 Å². The van der Waals surface area contributed by atoms with Crippen molar-refractivity contribution in [1.82, 2.24) is 5.32 Å². The Morgan fingerprint density at radius 1 is 0.963 bits per heavy atom. The molecule has 2 aromatic carbocycles. The van der Waals surface area contributed by atoms with Gasteiger partial charge in [0.25, 0.3) is 17.5 Å². The fraction of sp³-hybridized carbons (Fsp3) is 0. The number of allylic oxidation sites excluding steroid dienone is 2. The third-order valence-electron chi connectivity index (χ3n) is 3.79. The Morgan fingerprint density at radius 3 is 2.33 bits per heavy atom. The van der Waals surface area contributed by atoms with Gasteiger partial charge in [-0.2, -0.15) is 0 Å². The molecule has 1 saturated heterocycles. The van der Waals surface area contributed by atoms with Crippen molar-refractivity contribution in [2.75, 3.05) is 4.90 Å². The maximum absolute atomic E-state index is 12.6. The molecule has 134 valence electrons. The van der Waals surface area contributed by atoms with Crippen LogP contribution in [0, 0.1) is 10.1 Å². The first kappa shape index (κ1) is 17.7. The lowest BCUT2D eigenvalue weighted by molar-refractivity contribution is -0.385. The van der Waals surface area contributed by atoms with Crippen LogP contribution in [0.5, 0.6) is 0 Å². The van der Waals surface area contributed by atoms with Crippen molar-refractivity contribution < 1.29 is 19.3 Å². The normalized spacial score (nSPS) is 16.1. The number of barbiturate groups is 1. The van der Waals surface area contributed by atoms with Crippen LogP contribution in [0.15, 0.2) is 72.3 Å². The molecule has 3 rings (SSSR count). The van der Waals surface area contributed by atoms with Crippen molar-refractivity contribution in [3.63, 3.8) is 0 Å². The molecule has 0 aromatic heterocycles. The number of rotatable bonds is 4. The van der Waals surface area contributed by atoms with Gasteiger partial charge in [-0.15, -0.1) is 0 Å². The summed E-state index contributed by atoms with van der Waals surface area (Å²) in [4.78, 5) is 48.0. The Bertz CT molecular complexity index is 995. The van der Waals surface area contributed by atoms with E-state index >= 15 is 0 Å². The van der Waals surface area contributed by atoms with Crippen molar-refractivity contribution in [2.45, 2.75) is 0 Å². The minimum absolute atomic E-state index is 0.104. The summed E-state index contributed by atoms with van der Waals surface area (Å²) in [5.74, 6) is -1.61. The van der Waals surface area contributed by atoms with E-state index in [1.54, 1.807) is 36.4 Å². The lowest BCUT2D eigenvalue weighted by Crippen LogP contribution is -2.54. The van der Waals surface area contributed by atoms with Crippen molar-refractivity contribution in [1.29, 1.82) is 0 Å². The van der Waals surface area contributed by atoms with E-state index in [1.165, 1.54) is 36.4 Å².